The van der Waals surface area contributed by atoms with Crippen LogP contribution in [-0.2, 0) is 4.74 Å². The molecule has 0 bridgehead atoms. The normalized spacial score (nSPS) is 16.6. The van der Waals surface area contributed by atoms with Crippen LogP contribution in [0.5, 0.6) is 5.75 Å². The minimum absolute atomic E-state index is 0.0811. The van der Waals surface area contributed by atoms with Crippen molar-refractivity contribution >= 4 is 5.69 Å². The van der Waals surface area contributed by atoms with Gasteiger partial charge in [0.25, 0.3) is 0 Å². The van der Waals surface area contributed by atoms with Crippen molar-refractivity contribution in [3.63, 3.8) is 0 Å². The Balaban J connectivity index is 2.12. The van der Waals surface area contributed by atoms with Gasteiger partial charge in [-0.1, -0.05) is 26.0 Å². The minimum Gasteiger partial charge on any atom is -0.483 e. The first-order valence-electron chi connectivity index (χ1n) is 7.55. The fraction of sp³-hybridized carbons (Fsp3) is 0.625. The maximum absolute atomic E-state index is 6.27. The monoisotopic (exact) mass is 278 g/mol. The fourth-order valence-electron chi connectivity index (χ4n) is 2.68. The van der Waals surface area contributed by atoms with E-state index in [-0.39, 0.29) is 5.60 Å². The SMILES string of the molecule is CCC1(CC)CN(CCOCCN)c2ccccc2O1. The molecule has 0 radical (unpaired) electrons. The van der Waals surface area contributed by atoms with E-state index in [0.717, 1.165) is 31.7 Å². The largest absolute Gasteiger partial charge is 0.483 e. The van der Waals surface area contributed by atoms with E-state index < -0.39 is 0 Å². The molecular formula is C16H26N2O2. The predicted octanol–water partition coefficient (Wildman–Crippen LogP) is 2.42. The highest BCUT2D eigenvalue weighted by molar-refractivity contribution is 5.60. The van der Waals surface area contributed by atoms with Gasteiger partial charge >= 0.3 is 0 Å². The smallest absolute Gasteiger partial charge is 0.143 e. The maximum Gasteiger partial charge on any atom is 0.143 e. The lowest BCUT2D eigenvalue weighted by Gasteiger charge is -2.44. The average Bonchev–Trinajstić information content (AvgIpc) is 2.51. The Morgan fingerprint density at radius 1 is 1.25 bits per heavy atom. The summed E-state index contributed by atoms with van der Waals surface area (Å²) < 4.78 is 11.8. The quantitative estimate of drug-likeness (QED) is 0.778. The molecule has 2 N–H and O–H groups in total. The van der Waals surface area contributed by atoms with Crippen molar-refractivity contribution < 1.29 is 9.47 Å². The number of nitrogens with zero attached hydrogens (tertiary/aromatic N) is 1. The predicted molar refractivity (Wildman–Crippen MR) is 82.5 cm³/mol. The van der Waals surface area contributed by atoms with Crippen LogP contribution in [0.25, 0.3) is 0 Å². The Labute approximate surface area is 121 Å². The molecule has 4 nitrogen and oxygen atoms in total. The third-order valence-electron chi connectivity index (χ3n) is 4.07. The van der Waals surface area contributed by atoms with Crippen LogP contribution >= 0.6 is 0 Å². The number of hydrogen-bond acceptors (Lipinski definition) is 4. The second kappa shape index (κ2) is 6.95. The van der Waals surface area contributed by atoms with Gasteiger partial charge in [0.1, 0.15) is 11.4 Å². The van der Waals surface area contributed by atoms with E-state index in [2.05, 4.69) is 36.9 Å². The van der Waals surface area contributed by atoms with Crippen LogP contribution in [0.3, 0.4) is 0 Å². The van der Waals surface area contributed by atoms with Gasteiger partial charge in [0.05, 0.1) is 25.4 Å². The van der Waals surface area contributed by atoms with E-state index in [1.54, 1.807) is 0 Å². The summed E-state index contributed by atoms with van der Waals surface area (Å²) in [6, 6.07) is 8.26. The summed E-state index contributed by atoms with van der Waals surface area (Å²) in [5.74, 6) is 0.987. The van der Waals surface area contributed by atoms with Crippen LogP contribution in [0.2, 0.25) is 0 Å². The van der Waals surface area contributed by atoms with Crippen LogP contribution in [0.15, 0.2) is 24.3 Å². The summed E-state index contributed by atoms with van der Waals surface area (Å²) in [5, 5.41) is 0. The van der Waals surface area contributed by atoms with Gasteiger partial charge in [0, 0.05) is 13.1 Å². The van der Waals surface area contributed by atoms with E-state index in [9.17, 15) is 0 Å². The average molecular weight is 278 g/mol. The van der Waals surface area contributed by atoms with Gasteiger partial charge in [-0.3, -0.25) is 0 Å². The molecule has 1 heterocycles. The highest BCUT2D eigenvalue weighted by atomic mass is 16.5. The molecule has 0 saturated heterocycles. The van der Waals surface area contributed by atoms with E-state index in [4.69, 9.17) is 15.2 Å². The van der Waals surface area contributed by atoms with Crippen LogP contribution in [-0.4, -0.2) is 38.4 Å². The van der Waals surface area contributed by atoms with Gasteiger partial charge in [-0.15, -0.1) is 0 Å². The van der Waals surface area contributed by atoms with Crippen molar-refractivity contribution in [2.75, 3.05) is 37.7 Å². The summed E-state index contributed by atoms with van der Waals surface area (Å²) in [4.78, 5) is 2.38. The highest BCUT2D eigenvalue weighted by Crippen LogP contribution is 2.39. The summed E-state index contributed by atoms with van der Waals surface area (Å²) in [6.45, 7) is 8.09. The van der Waals surface area contributed by atoms with E-state index in [0.29, 0.717) is 19.8 Å². The number of fused-ring (bicyclic) bond motifs is 1. The van der Waals surface area contributed by atoms with Gasteiger partial charge < -0.3 is 20.1 Å². The Bertz CT molecular complexity index is 419. The fourth-order valence-corrected chi connectivity index (χ4v) is 2.68. The zero-order valence-electron chi connectivity index (χ0n) is 12.6. The second-order valence-electron chi connectivity index (χ2n) is 5.28. The first-order chi connectivity index (χ1) is 9.74. The Morgan fingerprint density at radius 3 is 2.70 bits per heavy atom. The van der Waals surface area contributed by atoms with Crippen molar-refractivity contribution in [3.05, 3.63) is 24.3 Å². The molecule has 2 rings (SSSR count). The van der Waals surface area contributed by atoms with Gasteiger partial charge in [0.15, 0.2) is 0 Å². The van der Waals surface area contributed by atoms with Gasteiger partial charge in [0.2, 0.25) is 0 Å². The molecule has 1 aliphatic rings. The molecule has 1 aromatic carbocycles. The molecule has 0 amide bonds. The van der Waals surface area contributed by atoms with Crippen LogP contribution in [0.4, 0.5) is 5.69 Å². The van der Waals surface area contributed by atoms with Crippen molar-refractivity contribution in [2.24, 2.45) is 5.73 Å². The molecule has 112 valence electrons. The third-order valence-corrected chi connectivity index (χ3v) is 4.07. The van der Waals surface area contributed by atoms with Crippen molar-refractivity contribution in [3.8, 4) is 5.75 Å². The topological polar surface area (TPSA) is 47.7 Å². The maximum atomic E-state index is 6.27. The molecule has 0 aliphatic carbocycles. The summed E-state index contributed by atoms with van der Waals surface area (Å²) in [6.07, 6.45) is 2.02. The van der Waals surface area contributed by atoms with Crippen LogP contribution in [0.1, 0.15) is 26.7 Å². The van der Waals surface area contributed by atoms with Crippen LogP contribution < -0.4 is 15.4 Å². The summed E-state index contributed by atoms with van der Waals surface area (Å²) in [7, 11) is 0. The molecule has 0 saturated carbocycles. The minimum atomic E-state index is -0.0811. The van der Waals surface area contributed by atoms with Gasteiger partial charge in [-0.25, -0.2) is 0 Å². The second-order valence-corrected chi connectivity index (χ2v) is 5.28. The lowest BCUT2D eigenvalue weighted by Crippen LogP contribution is -2.51. The first-order valence-corrected chi connectivity index (χ1v) is 7.55. The lowest BCUT2D eigenvalue weighted by atomic mass is 9.94. The lowest BCUT2D eigenvalue weighted by molar-refractivity contribution is 0.0545. The summed E-state index contributed by atoms with van der Waals surface area (Å²) in [5.41, 5.74) is 6.54. The Kier molecular flexibility index (Phi) is 5.26. The Hall–Kier alpha value is -1.26. The van der Waals surface area contributed by atoms with E-state index in [1.807, 2.05) is 6.07 Å². The number of rotatable bonds is 7. The van der Waals surface area contributed by atoms with E-state index in [1.165, 1.54) is 5.69 Å². The molecule has 1 aromatic rings. The summed E-state index contributed by atoms with van der Waals surface area (Å²) >= 11 is 0. The zero-order valence-corrected chi connectivity index (χ0v) is 12.6. The van der Waals surface area contributed by atoms with Gasteiger partial charge in [-0.2, -0.15) is 0 Å². The number of nitrogens with two attached hydrogens (primary N) is 1. The number of para-hydroxylation sites is 2. The molecular weight excluding hydrogens is 252 g/mol. The van der Waals surface area contributed by atoms with Crippen molar-refractivity contribution in [1.29, 1.82) is 0 Å². The standard InChI is InChI=1S/C16H26N2O2/c1-3-16(4-2)13-18(10-12-19-11-9-17)14-7-5-6-8-15(14)20-16/h5-8H,3-4,9-13,17H2,1-2H3. The zero-order chi connectivity index (χ0) is 14.4. The molecule has 0 atom stereocenters. The van der Waals surface area contributed by atoms with E-state index >= 15 is 0 Å². The molecule has 1 aliphatic heterocycles. The van der Waals surface area contributed by atoms with Gasteiger partial charge in [-0.05, 0) is 25.0 Å². The number of hydrogen-bond donors (Lipinski definition) is 1. The molecule has 0 spiro atoms. The van der Waals surface area contributed by atoms with Crippen molar-refractivity contribution in [1.82, 2.24) is 0 Å². The third kappa shape index (κ3) is 3.25. The molecule has 0 fully saturated rings. The number of anilines is 1. The molecule has 0 aromatic heterocycles. The molecule has 0 unspecified atom stereocenters. The number of benzene rings is 1. The highest BCUT2D eigenvalue weighted by Gasteiger charge is 2.36. The van der Waals surface area contributed by atoms with Crippen LogP contribution in [0, 0.1) is 0 Å². The first kappa shape index (κ1) is 15.1. The molecule has 4 heteroatoms. The molecule has 20 heavy (non-hydrogen) atoms. The number of ether oxygens (including phenoxy) is 2. The van der Waals surface area contributed by atoms with Crippen molar-refractivity contribution in [2.45, 2.75) is 32.3 Å². The Morgan fingerprint density at radius 2 is 2.00 bits per heavy atom.